The standard InChI is InChI=1S/C30H34O9/c1-4-16-7-5-8-17(14-38-13-16)39-21-12-30(36,15(2)31)11-19-23(21)29(35)25-24(27(19)33)26(32)18-9-6-10-20(37-3)22(18)28(25)34/h6,9-10,16-17,21,33,35-36H,4-5,7-8,11-14H2,1-3H3. The fourth-order valence-electron chi connectivity index (χ4n) is 6.13. The van der Waals surface area contributed by atoms with Crippen LogP contribution in [-0.4, -0.2) is 64.7 Å². The molecule has 4 unspecified atom stereocenters. The number of ether oxygens (including phenoxy) is 3. The lowest BCUT2D eigenvalue weighted by molar-refractivity contribution is -0.146. The molecule has 0 spiro atoms. The average Bonchev–Trinajstić information content (AvgIpc) is 2.89. The fourth-order valence-corrected chi connectivity index (χ4v) is 6.13. The summed E-state index contributed by atoms with van der Waals surface area (Å²) in [6.07, 6.45) is 1.61. The predicted octanol–water partition coefficient (Wildman–Crippen LogP) is 3.80. The van der Waals surface area contributed by atoms with Crippen molar-refractivity contribution >= 4 is 17.3 Å². The summed E-state index contributed by atoms with van der Waals surface area (Å²) in [4.78, 5) is 39.8. The second-order valence-corrected chi connectivity index (χ2v) is 10.8. The highest BCUT2D eigenvalue weighted by Crippen LogP contribution is 2.52. The summed E-state index contributed by atoms with van der Waals surface area (Å²) in [6, 6.07) is 4.55. The molecule has 0 amide bonds. The lowest BCUT2D eigenvalue weighted by Crippen LogP contribution is -2.45. The number of Topliss-reactive ketones (excluding diaryl/α,β-unsaturated/α-hetero) is 1. The number of benzene rings is 2. The van der Waals surface area contributed by atoms with Crippen LogP contribution in [0.2, 0.25) is 0 Å². The Hall–Kier alpha value is -3.27. The molecule has 1 heterocycles. The maximum atomic E-state index is 13.7. The lowest BCUT2D eigenvalue weighted by atomic mass is 9.72. The van der Waals surface area contributed by atoms with Gasteiger partial charge < -0.3 is 29.5 Å². The Morgan fingerprint density at radius 3 is 2.51 bits per heavy atom. The molecule has 9 heteroatoms. The van der Waals surface area contributed by atoms with Crippen molar-refractivity contribution in [2.24, 2.45) is 5.92 Å². The van der Waals surface area contributed by atoms with E-state index in [0.717, 1.165) is 19.3 Å². The van der Waals surface area contributed by atoms with E-state index < -0.39 is 46.7 Å². The number of aliphatic hydroxyl groups is 1. The molecular formula is C30H34O9. The zero-order valence-electron chi connectivity index (χ0n) is 22.4. The summed E-state index contributed by atoms with van der Waals surface area (Å²) in [5.41, 5.74) is -2.44. The molecule has 0 bridgehead atoms. The predicted molar refractivity (Wildman–Crippen MR) is 140 cm³/mol. The van der Waals surface area contributed by atoms with Crippen molar-refractivity contribution in [1.29, 1.82) is 0 Å². The Balaban J connectivity index is 1.62. The molecule has 9 nitrogen and oxygen atoms in total. The molecule has 2 aliphatic carbocycles. The Labute approximate surface area is 226 Å². The molecular weight excluding hydrogens is 504 g/mol. The van der Waals surface area contributed by atoms with Gasteiger partial charge in [-0.05, 0) is 31.7 Å². The Bertz CT molecular complexity index is 1340. The van der Waals surface area contributed by atoms with Crippen LogP contribution in [0, 0.1) is 5.92 Å². The molecule has 1 fully saturated rings. The summed E-state index contributed by atoms with van der Waals surface area (Å²) in [7, 11) is 1.37. The van der Waals surface area contributed by atoms with Crippen LogP contribution in [0.1, 0.15) is 95.0 Å². The van der Waals surface area contributed by atoms with Crippen molar-refractivity contribution in [2.75, 3.05) is 20.3 Å². The van der Waals surface area contributed by atoms with Crippen LogP contribution in [0.25, 0.3) is 0 Å². The molecule has 2 aromatic carbocycles. The molecule has 3 N–H and O–H groups in total. The van der Waals surface area contributed by atoms with Gasteiger partial charge in [0.15, 0.2) is 11.6 Å². The average molecular weight is 539 g/mol. The van der Waals surface area contributed by atoms with Crippen molar-refractivity contribution in [3.05, 3.63) is 51.6 Å². The van der Waals surface area contributed by atoms with Gasteiger partial charge in [0.1, 0.15) is 22.8 Å². The normalized spacial score (nSPS) is 26.6. The van der Waals surface area contributed by atoms with E-state index in [1.54, 1.807) is 12.1 Å². The number of carbonyl (C=O) groups is 3. The minimum Gasteiger partial charge on any atom is -0.507 e. The van der Waals surface area contributed by atoms with E-state index in [1.165, 1.54) is 20.1 Å². The number of methoxy groups -OCH3 is 1. The molecule has 1 aliphatic heterocycles. The summed E-state index contributed by atoms with van der Waals surface area (Å²) < 4.78 is 17.6. The van der Waals surface area contributed by atoms with E-state index in [9.17, 15) is 29.7 Å². The van der Waals surface area contributed by atoms with Crippen LogP contribution < -0.4 is 4.74 Å². The molecule has 3 aliphatic rings. The van der Waals surface area contributed by atoms with E-state index >= 15 is 0 Å². The minimum absolute atomic E-state index is 0.000403. The molecule has 4 atom stereocenters. The molecule has 0 radical (unpaired) electrons. The highest BCUT2D eigenvalue weighted by molar-refractivity contribution is 6.31. The maximum absolute atomic E-state index is 13.7. The molecule has 39 heavy (non-hydrogen) atoms. The van der Waals surface area contributed by atoms with Gasteiger partial charge in [-0.15, -0.1) is 0 Å². The van der Waals surface area contributed by atoms with Gasteiger partial charge in [-0.1, -0.05) is 31.9 Å². The van der Waals surface area contributed by atoms with Gasteiger partial charge in [0.25, 0.3) is 0 Å². The SMILES string of the molecule is CCC1CCCC(OC2CC(O)(C(C)=O)Cc3c(O)c4c(c(O)c32)C(=O)c2c(OC)cccc2C4=O)COC1. The first-order chi connectivity index (χ1) is 18.6. The zero-order valence-corrected chi connectivity index (χ0v) is 22.4. The smallest absolute Gasteiger partial charge is 0.202 e. The van der Waals surface area contributed by atoms with E-state index in [1.807, 2.05) is 0 Å². The first kappa shape index (κ1) is 27.3. The summed E-state index contributed by atoms with van der Waals surface area (Å²) >= 11 is 0. The van der Waals surface area contributed by atoms with Crippen molar-refractivity contribution in [2.45, 2.75) is 70.2 Å². The maximum Gasteiger partial charge on any atom is 0.202 e. The van der Waals surface area contributed by atoms with E-state index in [0.29, 0.717) is 25.6 Å². The highest BCUT2D eigenvalue weighted by Gasteiger charge is 2.48. The molecule has 0 aromatic heterocycles. The van der Waals surface area contributed by atoms with Crippen molar-refractivity contribution in [3.8, 4) is 17.2 Å². The second kappa shape index (κ2) is 10.4. The van der Waals surface area contributed by atoms with Gasteiger partial charge in [0, 0.05) is 36.1 Å². The van der Waals surface area contributed by atoms with Gasteiger partial charge in [0.05, 0.1) is 42.6 Å². The first-order valence-corrected chi connectivity index (χ1v) is 13.4. The molecule has 5 rings (SSSR count). The first-order valence-electron chi connectivity index (χ1n) is 13.4. The minimum atomic E-state index is -1.89. The van der Waals surface area contributed by atoms with Gasteiger partial charge in [-0.3, -0.25) is 14.4 Å². The fraction of sp³-hybridized carbons (Fsp3) is 0.500. The summed E-state index contributed by atoms with van der Waals surface area (Å²) in [5.74, 6) is -2.26. The molecule has 0 saturated carbocycles. The highest BCUT2D eigenvalue weighted by atomic mass is 16.5. The number of phenolic OH excluding ortho intramolecular Hbond substituents is 2. The van der Waals surface area contributed by atoms with Gasteiger partial charge in [0.2, 0.25) is 5.78 Å². The number of fused-ring (bicyclic) bond motifs is 3. The number of rotatable bonds is 5. The number of ketones is 3. The number of aromatic hydroxyl groups is 2. The summed E-state index contributed by atoms with van der Waals surface area (Å²) in [6.45, 7) is 4.27. The third kappa shape index (κ3) is 4.52. The second-order valence-electron chi connectivity index (χ2n) is 10.8. The Morgan fingerprint density at radius 1 is 1.08 bits per heavy atom. The number of carbonyl (C=O) groups excluding carboxylic acids is 3. The van der Waals surface area contributed by atoms with Gasteiger partial charge >= 0.3 is 0 Å². The van der Waals surface area contributed by atoms with Gasteiger partial charge in [-0.2, -0.15) is 0 Å². The number of hydrogen-bond donors (Lipinski definition) is 3. The van der Waals surface area contributed by atoms with Crippen LogP contribution in [0.4, 0.5) is 0 Å². The molecule has 208 valence electrons. The van der Waals surface area contributed by atoms with Gasteiger partial charge in [-0.25, -0.2) is 0 Å². The zero-order chi connectivity index (χ0) is 28.1. The topological polar surface area (TPSA) is 140 Å². The Kier molecular flexibility index (Phi) is 7.26. The third-order valence-electron chi connectivity index (χ3n) is 8.46. The van der Waals surface area contributed by atoms with E-state index in [2.05, 4.69) is 6.92 Å². The third-order valence-corrected chi connectivity index (χ3v) is 8.46. The van der Waals surface area contributed by atoms with Crippen LogP contribution in [0.3, 0.4) is 0 Å². The monoisotopic (exact) mass is 538 g/mol. The Morgan fingerprint density at radius 2 is 1.82 bits per heavy atom. The van der Waals surface area contributed by atoms with Crippen molar-refractivity contribution in [1.82, 2.24) is 0 Å². The quantitative estimate of drug-likeness (QED) is 0.414. The molecule has 1 saturated heterocycles. The molecule has 2 aromatic rings. The van der Waals surface area contributed by atoms with Crippen LogP contribution in [-0.2, 0) is 20.7 Å². The summed E-state index contributed by atoms with van der Waals surface area (Å²) in [5, 5.41) is 34.3. The van der Waals surface area contributed by atoms with Crippen LogP contribution in [0.15, 0.2) is 18.2 Å². The van der Waals surface area contributed by atoms with Crippen molar-refractivity contribution in [3.63, 3.8) is 0 Å². The number of hydrogen-bond acceptors (Lipinski definition) is 9. The number of phenols is 2. The van der Waals surface area contributed by atoms with Crippen molar-refractivity contribution < 1.29 is 43.9 Å². The van der Waals surface area contributed by atoms with E-state index in [4.69, 9.17) is 14.2 Å². The van der Waals surface area contributed by atoms with Crippen LogP contribution >= 0.6 is 0 Å². The largest absolute Gasteiger partial charge is 0.507 e. The van der Waals surface area contributed by atoms with E-state index in [-0.39, 0.29) is 52.0 Å². The lowest BCUT2D eigenvalue weighted by Gasteiger charge is -2.40. The van der Waals surface area contributed by atoms with Crippen LogP contribution in [0.5, 0.6) is 17.2 Å².